The number of hydrogen-bond acceptors (Lipinski definition) is 9. The fourth-order valence-corrected chi connectivity index (χ4v) is 3.46. The van der Waals surface area contributed by atoms with Crippen molar-refractivity contribution >= 4 is 35.5 Å². The third kappa shape index (κ3) is 10.6. The minimum atomic E-state index is -1.49. The third-order valence-corrected chi connectivity index (χ3v) is 5.53. The Hall–Kier alpha value is -4.80. The molecule has 2 aromatic heterocycles. The summed E-state index contributed by atoms with van der Waals surface area (Å²) in [5.74, 6) is -5.41. The van der Waals surface area contributed by atoms with E-state index in [4.69, 9.17) is 17.2 Å². The first-order valence-electron chi connectivity index (χ1n) is 11.9. The molecule has 0 bridgehead atoms. The second kappa shape index (κ2) is 14.8. The predicted octanol–water partition coefficient (Wildman–Crippen LogP) is -3.68. The highest BCUT2D eigenvalue weighted by Crippen LogP contribution is 2.06. The van der Waals surface area contributed by atoms with E-state index in [1.54, 1.807) is 6.20 Å². The van der Waals surface area contributed by atoms with Gasteiger partial charge in [0.2, 0.25) is 29.5 Å². The average molecular weight is 549 g/mol. The van der Waals surface area contributed by atoms with Gasteiger partial charge < -0.3 is 48.2 Å². The summed E-state index contributed by atoms with van der Waals surface area (Å²) in [7, 11) is 0. The van der Waals surface area contributed by atoms with Gasteiger partial charge in [0.05, 0.1) is 30.1 Å². The van der Waals surface area contributed by atoms with Gasteiger partial charge in [-0.1, -0.05) is 0 Å². The van der Waals surface area contributed by atoms with Crippen LogP contribution in [0.5, 0.6) is 0 Å². The topological polar surface area (TPSA) is 294 Å². The van der Waals surface area contributed by atoms with Crippen LogP contribution in [-0.2, 0) is 41.6 Å². The number of aromatic amines is 2. The van der Waals surface area contributed by atoms with Crippen molar-refractivity contribution in [2.24, 2.45) is 17.2 Å². The van der Waals surface area contributed by atoms with Crippen molar-refractivity contribution in [3.8, 4) is 0 Å². The molecular weight excluding hydrogens is 516 g/mol. The van der Waals surface area contributed by atoms with E-state index in [0.29, 0.717) is 11.4 Å². The third-order valence-electron chi connectivity index (χ3n) is 5.53. The Balaban J connectivity index is 2.17. The second-order valence-electron chi connectivity index (χ2n) is 8.67. The fraction of sp³-hybridized carbons (Fsp3) is 0.455. The van der Waals surface area contributed by atoms with Gasteiger partial charge in [0.15, 0.2) is 0 Å². The molecule has 0 saturated heterocycles. The van der Waals surface area contributed by atoms with Gasteiger partial charge in [0, 0.05) is 38.1 Å². The number of nitrogens with zero attached hydrogens (tertiary/aromatic N) is 2. The largest absolute Gasteiger partial charge is 0.480 e. The molecule has 0 aromatic carbocycles. The molecule has 2 aromatic rings. The molecule has 5 amide bonds. The van der Waals surface area contributed by atoms with E-state index in [9.17, 15) is 33.9 Å². The lowest BCUT2D eigenvalue weighted by Gasteiger charge is -2.25. The van der Waals surface area contributed by atoms with Gasteiger partial charge in [0.25, 0.3) is 0 Å². The number of rotatable bonds is 17. The maximum Gasteiger partial charge on any atom is 0.326 e. The van der Waals surface area contributed by atoms with Crippen LogP contribution in [0.15, 0.2) is 25.0 Å². The maximum absolute atomic E-state index is 13.2. The van der Waals surface area contributed by atoms with Crippen LogP contribution >= 0.6 is 0 Å². The molecule has 0 aliphatic heterocycles. The zero-order valence-corrected chi connectivity index (χ0v) is 20.9. The quantitative estimate of drug-likeness (QED) is 0.0932. The minimum Gasteiger partial charge on any atom is -0.480 e. The van der Waals surface area contributed by atoms with Crippen molar-refractivity contribution in [1.29, 1.82) is 0 Å². The van der Waals surface area contributed by atoms with Gasteiger partial charge in [0.1, 0.15) is 18.1 Å². The molecule has 39 heavy (non-hydrogen) atoms. The summed E-state index contributed by atoms with van der Waals surface area (Å²) >= 11 is 0. The number of primary amides is 2. The molecule has 12 N–H and O–H groups in total. The lowest BCUT2D eigenvalue weighted by molar-refractivity contribution is -0.142. The smallest absolute Gasteiger partial charge is 0.326 e. The first-order valence-corrected chi connectivity index (χ1v) is 11.9. The molecule has 4 atom stereocenters. The van der Waals surface area contributed by atoms with Crippen LogP contribution in [0.4, 0.5) is 0 Å². The van der Waals surface area contributed by atoms with Crippen LogP contribution in [0.2, 0.25) is 0 Å². The number of amides is 5. The molecule has 0 aliphatic carbocycles. The summed E-state index contributed by atoms with van der Waals surface area (Å²) in [5.41, 5.74) is 17.2. The summed E-state index contributed by atoms with van der Waals surface area (Å²) in [5, 5.41) is 16.6. The molecule has 2 heterocycles. The number of imidazole rings is 2. The van der Waals surface area contributed by atoms with E-state index in [2.05, 4.69) is 35.9 Å². The Bertz CT molecular complexity index is 1140. The molecule has 0 radical (unpaired) electrons. The van der Waals surface area contributed by atoms with E-state index in [1.807, 2.05) is 0 Å². The Morgan fingerprint density at radius 1 is 0.744 bits per heavy atom. The Morgan fingerprint density at radius 2 is 1.21 bits per heavy atom. The Labute approximate surface area is 222 Å². The summed E-state index contributed by atoms with van der Waals surface area (Å²) < 4.78 is 0. The van der Waals surface area contributed by atoms with Crippen molar-refractivity contribution in [3.05, 3.63) is 36.4 Å². The van der Waals surface area contributed by atoms with Gasteiger partial charge in [-0.25, -0.2) is 14.8 Å². The highest BCUT2D eigenvalue weighted by atomic mass is 16.4. The van der Waals surface area contributed by atoms with Crippen molar-refractivity contribution in [1.82, 2.24) is 35.9 Å². The van der Waals surface area contributed by atoms with Crippen molar-refractivity contribution in [2.45, 2.75) is 62.7 Å². The molecule has 0 aliphatic rings. The van der Waals surface area contributed by atoms with E-state index < -0.39 is 59.7 Å². The van der Waals surface area contributed by atoms with Crippen LogP contribution < -0.4 is 33.2 Å². The summed E-state index contributed by atoms with van der Waals surface area (Å²) in [6.45, 7) is 0. The SMILES string of the molecule is NC(=O)CC[C@H](NC(=O)[C@H](CCC(N)=O)NC(=O)[C@H](Cc1c[nH]cn1)NC(=O)[C@@H](N)Cc1c[nH]cn1)C(=O)O. The highest BCUT2D eigenvalue weighted by Gasteiger charge is 2.31. The van der Waals surface area contributed by atoms with Crippen LogP contribution in [0.1, 0.15) is 37.1 Å². The number of nitrogens with two attached hydrogens (primary N) is 3. The summed E-state index contributed by atoms with van der Waals surface area (Å²) in [6, 6.07) is -5.20. The first kappa shape index (κ1) is 30.4. The van der Waals surface area contributed by atoms with Crippen LogP contribution in [0, 0.1) is 0 Å². The van der Waals surface area contributed by atoms with E-state index >= 15 is 0 Å². The number of carboxylic acids is 1. The lowest BCUT2D eigenvalue weighted by atomic mass is 10.1. The standard InChI is InChI=1S/C22H32N10O7/c23-13(5-11-7-26-9-28-11)19(35)32-16(6-12-8-27-10-29-12)21(37)30-14(1-3-17(24)33)20(36)31-15(22(38)39)2-4-18(25)34/h7-10,13-16H,1-6,23H2,(H2,24,33)(H2,25,34)(H,26,28)(H,27,29)(H,30,37)(H,31,36)(H,32,35)(H,38,39)/t13-,14-,15-,16-/m0/s1. The average Bonchev–Trinajstić information content (AvgIpc) is 3.57. The normalized spacial score (nSPS) is 13.9. The van der Waals surface area contributed by atoms with Crippen molar-refractivity contribution in [3.63, 3.8) is 0 Å². The molecule has 0 saturated carbocycles. The van der Waals surface area contributed by atoms with Gasteiger partial charge >= 0.3 is 5.97 Å². The second-order valence-corrected chi connectivity index (χ2v) is 8.67. The Morgan fingerprint density at radius 3 is 1.69 bits per heavy atom. The van der Waals surface area contributed by atoms with Gasteiger partial charge in [-0.3, -0.25) is 24.0 Å². The number of hydrogen-bond donors (Lipinski definition) is 9. The zero-order valence-electron chi connectivity index (χ0n) is 20.9. The van der Waals surface area contributed by atoms with E-state index in [1.165, 1.54) is 18.9 Å². The monoisotopic (exact) mass is 548 g/mol. The van der Waals surface area contributed by atoms with Gasteiger partial charge in [-0.15, -0.1) is 0 Å². The molecule has 17 heteroatoms. The van der Waals surface area contributed by atoms with Gasteiger partial charge in [-0.2, -0.15) is 0 Å². The van der Waals surface area contributed by atoms with E-state index in [0.717, 1.165) is 0 Å². The molecule has 0 unspecified atom stereocenters. The number of aliphatic carboxylic acids is 1. The van der Waals surface area contributed by atoms with Crippen LogP contribution in [0.25, 0.3) is 0 Å². The fourth-order valence-electron chi connectivity index (χ4n) is 3.46. The van der Waals surface area contributed by atoms with Crippen LogP contribution in [-0.4, -0.2) is 84.7 Å². The molecule has 2 rings (SSSR count). The number of H-pyrrole nitrogens is 2. The molecule has 0 fully saturated rings. The molecule has 17 nitrogen and oxygen atoms in total. The number of aromatic nitrogens is 4. The Kier molecular flexibility index (Phi) is 11.6. The van der Waals surface area contributed by atoms with E-state index in [-0.39, 0.29) is 38.5 Å². The van der Waals surface area contributed by atoms with Crippen LogP contribution in [0.3, 0.4) is 0 Å². The number of carbonyl (C=O) groups is 6. The predicted molar refractivity (Wildman–Crippen MR) is 133 cm³/mol. The number of carboxylic acid groups (broad SMARTS) is 1. The first-order chi connectivity index (χ1) is 18.5. The zero-order chi connectivity index (χ0) is 28.9. The van der Waals surface area contributed by atoms with Crippen molar-refractivity contribution < 1.29 is 33.9 Å². The van der Waals surface area contributed by atoms with Gasteiger partial charge in [-0.05, 0) is 12.8 Å². The van der Waals surface area contributed by atoms with Crippen molar-refractivity contribution in [2.75, 3.05) is 0 Å². The summed E-state index contributed by atoms with van der Waals surface area (Å²) in [4.78, 5) is 86.4. The highest BCUT2D eigenvalue weighted by molar-refractivity contribution is 5.94. The molecular formula is C22H32N10O7. The molecule has 0 spiro atoms. The lowest BCUT2D eigenvalue weighted by Crippen LogP contribution is -2.58. The summed E-state index contributed by atoms with van der Waals surface area (Å²) in [6.07, 6.45) is 4.67. The maximum atomic E-state index is 13.2. The number of carbonyl (C=O) groups excluding carboxylic acids is 5. The number of nitrogens with one attached hydrogen (secondary N) is 5. The molecule has 212 valence electrons. The minimum absolute atomic E-state index is 0.0810.